The minimum absolute atomic E-state index is 0.110. The van der Waals surface area contributed by atoms with E-state index in [0.717, 1.165) is 30.9 Å². The van der Waals surface area contributed by atoms with Gasteiger partial charge in [-0.05, 0) is 86.0 Å². The Bertz CT molecular complexity index is 667. The van der Waals surface area contributed by atoms with Crippen LogP contribution in [0.15, 0.2) is 18.2 Å². The summed E-state index contributed by atoms with van der Waals surface area (Å²) in [7, 11) is 1.75. The van der Waals surface area contributed by atoms with Gasteiger partial charge in [0, 0.05) is 12.3 Å². The molecule has 4 rings (SSSR count). The molecule has 0 heterocycles. The SMILES string of the molecule is CC[C@]12CC[C@@H]3c4ccc(OC)cc4CC[C@@H]3[C@@H]1CC[C@@H]2OC(C)=O. The van der Waals surface area contributed by atoms with Crippen LogP contribution in [0.5, 0.6) is 5.75 Å². The van der Waals surface area contributed by atoms with E-state index in [2.05, 4.69) is 25.1 Å². The number of rotatable bonds is 3. The van der Waals surface area contributed by atoms with Crippen LogP contribution in [-0.2, 0) is 16.0 Å². The van der Waals surface area contributed by atoms with E-state index in [1.165, 1.54) is 31.2 Å². The number of hydrogen-bond acceptors (Lipinski definition) is 3. The van der Waals surface area contributed by atoms with Crippen LogP contribution in [0.4, 0.5) is 0 Å². The van der Waals surface area contributed by atoms with E-state index >= 15 is 0 Å². The molecule has 3 aliphatic carbocycles. The van der Waals surface area contributed by atoms with Crippen LogP contribution in [0, 0.1) is 17.3 Å². The summed E-state index contributed by atoms with van der Waals surface area (Å²) in [6, 6.07) is 6.67. The Hall–Kier alpha value is -1.51. The summed E-state index contributed by atoms with van der Waals surface area (Å²) in [5, 5.41) is 0. The molecule has 5 atom stereocenters. The number of carbonyl (C=O) groups is 1. The number of methoxy groups -OCH3 is 1. The molecule has 136 valence electrons. The van der Waals surface area contributed by atoms with Gasteiger partial charge >= 0.3 is 5.97 Å². The Morgan fingerprint density at radius 2 is 2.08 bits per heavy atom. The van der Waals surface area contributed by atoms with Crippen LogP contribution in [-0.4, -0.2) is 19.2 Å². The molecule has 0 aromatic heterocycles. The zero-order chi connectivity index (χ0) is 17.6. The van der Waals surface area contributed by atoms with Gasteiger partial charge in [0.15, 0.2) is 0 Å². The third-order valence-electron chi connectivity index (χ3n) is 7.54. The molecule has 3 aliphatic rings. The minimum atomic E-state index is -0.110. The quantitative estimate of drug-likeness (QED) is 0.735. The van der Waals surface area contributed by atoms with Gasteiger partial charge in [0.05, 0.1) is 7.11 Å². The summed E-state index contributed by atoms with van der Waals surface area (Å²) in [4.78, 5) is 11.6. The lowest BCUT2D eigenvalue weighted by Crippen LogP contribution is -2.46. The van der Waals surface area contributed by atoms with Crippen molar-refractivity contribution in [2.45, 2.75) is 70.8 Å². The van der Waals surface area contributed by atoms with Gasteiger partial charge in [0.1, 0.15) is 11.9 Å². The van der Waals surface area contributed by atoms with Crippen molar-refractivity contribution in [2.24, 2.45) is 17.3 Å². The molecule has 2 fully saturated rings. The lowest BCUT2D eigenvalue weighted by molar-refractivity contribution is -0.156. The molecule has 1 aromatic rings. The monoisotopic (exact) mass is 342 g/mol. The predicted octanol–water partition coefficient (Wildman–Crippen LogP) is 4.87. The number of fused-ring (bicyclic) bond motifs is 5. The standard InChI is InChI=1S/C22H30O3/c1-4-22-12-11-18-17-8-6-16(24-3)13-15(17)5-7-19(18)20(22)9-10-21(22)25-14(2)23/h6,8,13,18-21H,4-5,7,9-12H2,1-3H3/t18-,19+,20+,21+,22+/m1/s1. The molecule has 2 saturated carbocycles. The molecule has 0 saturated heterocycles. The average Bonchev–Trinajstić information content (AvgIpc) is 2.99. The van der Waals surface area contributed by atoms with E-state index in [9.17, 15) is 4.79 Å². The lowest BCUT2D eigenvalue weighted by atomic mass is 9.54. The smallest absolute Gasteiger partial charge is 0.302 e. The van der Waals surface area contributed by atoms with E-state index in [4.69, 9.17) is 9.47 Å². The molecule has 0 unspecified atom stereocenters. The first-order chi connectivity index (χ1) is 12.1. The summed E-state index contributed by atoms with van der Waals surface area (Å²) in [6.45, 7) is 3.86. The highest BCUT2D eigenvalue weighted by Gasteiger charge is 2.57. The van der Waals surface area contributed by atoms with Gasteiger partial charge < -0.3 is 9.47 Å². The Balaban J connectivity index is 1.64. The van der Waals surface area contributed by atoms with Crippen molar-refractivity contribution < 1.29 is 14.3 Å². The maximum atomic E-state index is 11.6. The highest BCUT2D eigenvalue weighted by atomic mass is 16.5. The fraction of sp³-hybridized carbons (Fsp3) is 0.682. The summed E-state index contributed by atoms with van der Waals surface area (Å²) in [6.07, 6.45) is 8.39. The van der Waals surface area contributed by atoms with E-state index in [-0.39, 0.29) is 17.5 Å². The molecule has 0 radical (unpaired) electrons. The largest absolute Gasteiger partial charge is 0.497 e. The van der Waals surface area contributed by atoms with Crippen molar-refractivity contribution in [3.05, 3.63) is 29.3 Å². The van der Waals surface area contributed by atoms with Gasteiger partial charge in [-0.25, -0.2) is 0 Å². The normalized spacial score (nSPS) is 36.1. The van der Waals surface area contributed by atoms with Crippen molar-refractivity contribution >= 4 is 5.97 Å². The lowest BCUT2D eigenvalue weighted by Gasteiger charge is -2.51. The van der Waals surface area contributed by atoms with Crippen LogP contribution in [0.1, 0.15) is 69.4 Å². The Labute approximate surface area is 151 Å². The second kappa shape index (κ2) is 6.34. The molecular weight excluding hydrogens is 312 g/mol. The van der Waals surface area contributed by atoms with Crippen LogP contribution < -0.4 is 4.74 Å². The first-order valence-corrected chi connectivity index (χ1v) is 9.93. The molecular formula is C22H30O3. The van der Waals surface area contributed by atoms with Gasteiger partial charge in [0.2, 0.25) is 0 Å². The maximum Gasteiger partial charge on any atom is 0.302 e. The van der Waals surface area contributed by atoms with Crippen molar-refractivity contribution in [3.8, 4) is 5.75 Å². The topological polar surface area (TPSA) is 35.5 Å². The fourth-order valence-electron chi connectivity index (χ4n) is 6.49. The second-order valence-electron chi connectivity index (χ2n) is 8.28. The molecule has 0 N–H and O–H groups in total. The number of benzene rings is 1. The zero-order valence-electron chi connectivity index (χ0n) is 15.7. The number of esters is 1. The molecule has 0 bridgehead atoms. The van der Waals surface area contributed by atoms with Crippen molar-refractivity contribution in [3.63, 3.8) is 0 Å². The summed E-state index contributed by atoms with van der Waals surface area (Å²) in [5.74, 6) is 3.00. The van der Waals surface area contributed by atoms with E-state index in [1.807, 2.05) is 0 Å². The van der Waals surface area contributed by atoms with Crippen LogP contribution in [0.3, 0.4) is 0 Å². The first-order valence-electron chi connectivity index (χ1n) is 9.93. The Kier molecular flexibility index (Phi) is 4.29. The van der Waals surface area contributed by atoms with Gasteiger partial charge in [0.25, 0.3) is 0 Å². The van der Waals surface area contributed by atoms with Crippen LogP contribution in [0.25, 0.3) is 0 Å². The van der Waals surface area contributed by atoms with E-state index in [0.29, 0.717) is 11.8 Å². The highest BCUT2D eigenvalue weighted by Crippen LogP contribution is 2.63. The third kappa shape index (κ3) is 2.58. The molecule has 0 amide bonds. The molecule has 0 spiro atoms. The van der Waals surface area contributed by atoms with Crippen LogP contribution >= 0.6 is 0 Å². The molecule has 0 aliphatic heterocycles. The minimum Gasteiger partial charge on any atom is -0.497 e. The third-order valence-corrected chi connectivity index (χ3v) is 7.54. The summed E-state index contributed by atoms with van der Waals surface area (Å²) < 4.78 is 11.2. The highest BCUT2D eigenvalue weighted by molar-refractivity contribution is 5.66. The Morgan fingerprint density at radius 3 is 2.80 bits per heavy atom. The zero-order valence-corrected chi connectivity index (χ0v) is 15.7. The van der Waals surface area contributed by atoms with Crippen LogP contribution in [0.2, 0.25) is 0 Å². The molecule has 1 aromatic carbocycles. The van der Waals surface area contributed by atoms with E-state index in [1.54, 1.807) is 19.6 Å². The van der Waals surface area contributed by atoms with Crippen molar-refractivity contribution in [1.29, 1.82) is 0 Å². The molecule has 3 nitrogen and oxygen atoms in total. The Morgan fingerprint density at radius 1 is 1.24 bits per heavy atom. The number of carbonyl (C=O) groups excluding carboxylic acids is 1. The van der Waals surface area contributed by atoms with Gasteiger partial charge in [-0.3, -0.25) is 4.79 Å². The summed E-state index contributed by atoms with van der Waals surface area (Å²) >= 11 is 0. The van der Waals surface area contributed by atoms with Gasteiger partial charge in [-0.15, -0.1) is 0 Å². The molecule has 3 heteroatoms. The van der Waals surface area contributed by atoms with Gasteiger partial charge in [-0.1, -0.05) is 13.0 Å². The van der Waals surface area contributed by atoms with E-state index < -0.39 is 0 Å². The van der Waals surface area contributed by atoms with Crippen molar-refractivity contribution in [1.82, 2.24) is 0 Å². The average molecular weight is 342 g/mol. The maximum absolute atomic E-state index is 11.6. The van der Waals surface area contributed by atoms with Gasteiger partial charge in [-0.2, -0.15) is 0 Å². The second-order valence-corrected chi connectivity index (χ2v) is 8.28. The first kappa shape index (κ1) is 16.9. The fourth-order valence-corrected chi connectivity index (χ4v) is 6.49. The number of ether oxygens (including phenoxy) is 2. The number of hydrogen-bond donors (Lipinski definition) is 0. The molecule has 25 heavy (non-hydrogen) atoms. The van der Waals surface area contributed by atoms with Crippen molar-refractivity contribution in [2.75, 3.05) is 7.11 Å². The summed E-state index contributed by atoms with van der Waals surface area (Å²) in [5.41, 5.74) is 3.26. The number of aryl methyl sites for hydroxylation is 1. The predicted molar refractivity (Wildman–Crippen MR) is 97.8 cm³/mol.